The highest BCUT2D eigenvalue weighted by molar-refractivity contribution is 6.10. The minimum Gasteiger partial charge on any atom is -0.457 e. The Bertz CT molecular complexity index is 3980. The fourth-order valence-corrected chi connectivity index (χ4v) is 11.0. The molecule has 0 atom stereocenters. The van der Waals surface area contributed by atoms with Crippen LogP contribution in [0.3, 0.4) is 0 Å². The Morgan fingerprint density at radius 2 is 1.19 bits per heavy atom. The lowest BCUT2D eigenvalue weighted by Gasteiger charge is -2.24. The van der Waals surface area contributed by atoms with Crippen LogP contribution in [-0.2, 0) is 16.2 Å². The Balaban J connectivity index is 0.993. The summed E-state index contributed by atoms with van der Waals surface area (Å²) < 4.78 is 13.6. The van der Waals surface area contributed by atoms with Gasteiger partial charge in [0.05, 0.1) is 29.2 Å². The molecular formula is C68H59N5O+2. The minimum absolute atomic E-state index is 0.0647. The maximum absolute atomic E-state index is 7.84. The predicted octanol–water partition coefficient (Wildman–Crippen LogP) is 18.1. The summed E-state index contributed by atoms with van der Waals surface area (Å²) in [5.74, 6) is 2.41. The normalized spacial score (nSPS) is 13.4. The molecule has 6 nitrogen and oxygen atoms in total. The number of aromatic nitrogens is 2. The van der Waals surface area contributed by atoms with E-state index in [1.165, 1.54) is 49.9 Å². The van der Waals surface area contributed by atoms with E-state index in [1.54, 1.807) is 0 Å². The van der Waals surface area contributed by atoms with Crippen molar-refractivity contribution in [3.8, 4) is 39.6 Å². The highest BCUT2D eigenvalue weighted by Gasteiger charge is 2.41. The predicted molar refractivity (Wildman–Crippen MR) is 307 cm³/mol. The standard InChI is InChI=1S/C68H59N5O/c1-66(2,3)45-32-33-70-63(39-45)73-60-31-28-44(64-57-24-13-11-22-54(57)55-23-12-14-25-58(55)64)35-59(60)56-30-29-52(41-62(56)73)74-51-21-16-20-49(40-51)71-42-72(50-37-46(67(4,5)6)36-47(38-50)68(7,8)9)65-53(26-17-27-61(65)71)43-18-15-19-48(34-43)69-10/h11-41,64H,1-9H3/q+2. The third kappa shape index (κ3) is 8.02. The molecule has 10 aromatic rings. The monoisotopic (exact) mass is 961 g/mol. The van der Waals surface area contributed by atoms with E-state index in [0.717, 1.165) is 61.9 Å². The molecule has 12 rings (SSSR count). The van der Waals surface area contributed by atoms with E-state index in [0.29, 0.717) is 11.4 Å². The molecule has 2 aromatic heterocycles. The highest BCUT2D eigenvalue weighted by atomic mass is 16.5. The van der Waals surface area contributed by atoms with E-state index < -0.39 is 0 Å². The lowest BCUT2D eigenvalue weighted by molar-refractivity contribution is 0.483. The fourth-order valence-electron chi connectivity index (χ4n) is 11.0. The van der Waals surface area contributed by atoms with Gasteiger partial charge in [0.2, 0.25) is 11.4 Å². The first-order valence-electron chi connectivity index (χ1n) is 25.7. The van der Waals surface area contributed by atoms with Gasteiger partial charge in [-0.25, -0.2) is 9.83 Å². The van der Waals surface area contributed by atoms with Crippen LogP contribution in [0.4, 0.5) is 28.4 Å². The first-order chi connectivity index (χ1) is 35.5. The topological polar surface area (TPSA) is 37.4 Å². The molecule has 0 saturated heterocycles. The molecule has 0 saturated carbocycles. The van der Waals surface area contributed by atoms with Crippen molar-refractivity contribution in [1.29, 1.82) is 0 Å². The Morgan fingerprint density at radius 3 is 1.89 bits per heavy atom. The number of hydrogen-bond donors (Lipinski definition) is 0. The molecule has 1 aliphatic carbocycles. The van der Waals surface area contributed by atoms with Crippen LogP contribution in [0.25, 0.3) is 54.7 Å². The number of benzene rings is 8. The van der Waals surface area contributed by atoms with E-state index in [-0.39, 0.29) is 22.2 Å². The van der Waals surface area contributed by atoms with Gasteiger partial charge in [-0.2, -0.15) is 0 Å². The minimum atomic E-state index is -0.0873. The zero-order valence-electron chi connectivity index (χ0n) is 43.6. The molecule has 0 N–H and O–H groups in total. The molecule has 74 heavy (non-hydrogen) atoms. The van der Waals surface area contributed by atoms with Crippen molar-refractivity contribution in [3.63, 3.8) is 0 Å². The molecule has 6 heteroatoms. The van der Waals surface area contributed by atoms with Gasteiger partial charge in [0, 0.05) is 53.2 Å². The van der Waals surface area contributed by atoms with Crippen LogP contribution in [0.2, 0.25) is 0 Å². The average molecular weight is 962 g/mol. The average Bonchev–Trinajstić information content (AvgIpc) is 4.06. The van der Waals surface area contributed by atoms with Crippen molar-refractivity contribution >= 4 is 56.3 Å². The molecule has 0 unspecified atom stereocenters. The summed E-state index contributed by atoms with van der Waals surface area (Å²) in [4.78, 5) is 8.83. The van der Waals surface area contributed by atoms with Gasteiger partial charge in [0.15, 0.2) is 5.69 Å². The first-order valence-corrected chi connectivity index (χ1v) is 25.7. The van der Waals surface area contributed by atoms with Gasteiger partial charge in [0.1, 0.15) is 17.3 Å². The number of nitrogens with zero attached hydrogens (tertiary/aromatic N) is 5. The molecular weight excluding hydrogens is 903 g/mol. The summed E-state index contributed by atoms with van der Waals surface area (Å²) in [6, 6.07) is 68.8. The third-order valence-electron chi connectivity index (χ3n) is 15.0. The van der Waals surface area contributed by atoms with Gasteiger partial charge >= 0.3 is 11.7 Å². The molecule has 0 amide bonds. The molecule has 1 aliphatic heterocycles. The summed E-state index contributed by atoms with van der Waals surface area (Å²) in [5.41, 5.74) is 18.7. The van der Waals surface area contributed by atoms with Crippen molar-refractivity contribution in [2.75, 3.05) is 0 Å². The largest absolute Gasteiger partial charge is 0.503 e. The molecule has 0 bridgehead atoms. The van der Waals surface area contributed by atoms with Crippen molar-refractivity contribution in [2.45, 2.75) is 84.5 Å². The quantitative estimate of drug-likeness (QED) is 0.118. The zero-order valence-corrected chi connectivity index (χ0v) is 43.6. The second-order valence-corrected chi connectivity index (χ2v) is 23.0. The van der Waals surface area contributed by atoms with E-state index in [9.17, 15) is 0 Å². The zero-order chi connectivity index (χ0) is 51.3. The molecule has 8 aromatic carbocycles. The van der Waals surface area contributed by atoms with Gasteiger partial charge in [0.25, 0.3) is 5.69 Å². The van der Waals surface area contributed by atoms with Crippen molar-refractivity contribution in [2.24, 2.45) is 0 Å². The van der Waals surface area contributed by atoms with Gasteiger partial charge in [-0.15, -0.1) is 0 Å². The fraction of sp³-hybridized carbons (Fsp3) is 0.191. The number of para-hydroxylation sites is 1. The van der Waals surface area contributed by atoms with Gasteiger partial charge in [-0.3, -0.25) is 4.57 Å². The second-order valence-electron chi connectivity index (χ2n) is 23.0. The van der Waals surface area contributed by atoms with Gasteiger partial charge in [-0.05, 0) is 130 Å². The Kier molecular flexibility index (Phi) is 10.8. The molecule has 0 radical (unpaired) electrons. The van der Waals surface area contributed by atoms with Crippen LogP contribution in [0.15, 0.2) is 188 Å². The van der Waals surface area contributed by atoms with Crippen LogP contribution in [0.5, 0.6) is 11.5 Å². The SMILES string of the molecule is [C-]#[N+]c1cccc(-c2cccc3c2[N+](c2cc(C(C)(C)C)cc(C(C)(C)C)c2)=C=[N+]3c2cccc(Oc3ccc4c5cc(C6c7ccccc7-c7ccccc76)ccc5n(-c5cc(C(C)(C)C)ccn5)c4c3)c2)c1. The Morgan fingerprint density at radius 1 is 0.527 bits per heavy atom. The van der Waals surface area contributed by atoms with E-state index in [4.69, 9.17) is 16.3 Å². The maximum atomic E-state index is 7.84. The van der Waals surface area contributed by atoms with Crippen molar-refractivity contribution in [3.05, 3.63) is 233 Å². The van der Waals surface area contributed by atoms with Crippen molar-refractivity contribution < 1.29 is 4.74 Å². The number of pyridine rings is 1. The summed E-state index contributed by atoms with van der Waals surface area (Å²) >= 11 is 0. The summed E-state index contributed by atoms with van der Waals surface area (Å²) in [6.45, 7) is 28.2. The van der Waals surface area contributed by atoms with Gasteiger partial charge in [-0.1, -0.05) is 153 Å². The lowest BCUT2D eigenvalue weighted by atomic mass is 9.80. The number of hydrogen-bond acceptors (Lipinski definition) is 2. The molecule has 0 spiro atoms. The van der Waals surface area contributed by atoms with Crippen LogP contribution in [-0.4, -0.2) is 15.6 Å². The Hall–Kier alpha value is -8.62. The van der Waals surface area contributed by atoms with Crippen LogP contribution in [0.1, 0.15) is 102 Å². The first kappa shape index (κ1) is 46.5. The van der Waals surface area contributed by atoms with E-state index in [1.807, 2.05) is 36.5 Å². The smallest absolute Gasteiger partial charge is 0.457 e. The van der Waals surface area contributed by atoms with Crippen LogP contribution in [0, 0.1) is 6.57 Å². The summed E-state index contributed by atoms with van der Waals surface area (Å²) in [5, 5.41) is 2.30. The van der Waals surface area contributed by atoms with E-state index >= 15 is 0 Å². The third-order valence-corrected chi connectivity index (χ3v) is 15.0. The second kappa shape index (κ2) is 17.3. The van der Waals surface area contributed by atoms with Crippen LogP contribution < -0.4 is 13.9 Å². The maximum Gasteiger partial charge on any atom is 0.503 e. The number of ether oxygens (including phenoxy) is 1. The highest BCUT2D eigenvalue weighted by Crippen LogP contribution is 2.50. The molecule has 0 fully saturated rings. The summed E-state index contributed by atoms with van der Waals surface area (Å²) in [6.07, 6.45) is 1.93. The number of rotatable bonds is 7. The Labute approximate surface area is 434 Å². The van der Waals surface area contributed by atoms with Gasteiger partial charge < -0.3 is 4.74 Å². The van der Waals surface area contributed by atoms with E-state index in [2.05, 4.69) is 239 Å². The lowest BCUT2D eigenvalue weighted by Crippen LogP contribution is -2.17. The number of fused-ring (bicyclic) bond motifs is 7. The van der Waals surface area contributed by atoms with Crippen molar-refractivity contribution in [1.82, 2.24) is 18.7 Å². The molecule has 2 aliphatic rings. The molecule has 3 heterocycles. The molecule has 360 valence electrons. The summed E-state index contributed by atoms with van der Waals surface area (Å²) in [7, 11) is 0. The van der Waals surface area contributed by atoms with Crippen LogP contribution >= 0.6 is 0 Å².